The Labute approximate surface area is 166 Å². The van der Waals surface area contributed by atoms with E-state index < -0.39 is 0 Å². The Morgan fingerprint density at radius 2 is 1.68 bits per heavy atom. The maximum Gasteiger partial charge on any atom is 0.241 e. The number of carbonyl (C=O) groups is 1. The molecule has 144 valence electrons. The van der Waals surface area contributed by atoms with E-state index in [0.717, 1.165) is 25.3 Å². The maximum absolute atomic E-state index is 12.7. The number of piperazine rings is 1. The molecule has 4 rings (SSSR count). The van der Waals surface area contributed by atoms with Gasteiger partial charge in [-0.1, -0.05) is 42.0 Å². The van der Waals surface area contributed by atoms with Crippen LogP contribution in [0, 0.1) is 6.92 Å². The molecular weight excluding hydrogens is 348 g/mol. The predicted molar refractivity (Wildman–Crippen MR) is 111 cm³/mol. The Hall–Kier alpha value is -2.92. The van der Waals surface area contributed by atoms with Gasteiger partial charge in [-0.3, -0.25) is 14.4 Å². The number of rotatable bonds is 5. The van der Waals surface area contributed by atoms with Crippen LogP contribution in [0.25, 0.3) is 0 Å². The minimum Gasteiger partial charge on any atom is -0.310 e. The molecule has 1 aliphatic rings. The van der Waals surface area contributed by atoms with Crippen LogP contribution in [0.3, 0.4) is 0 Å². The third-order valence-corrected chi connectivity index (χ3v) is 5.37. The number of hydrogen-bond acceptors (Lipinski definition) is 3. The van der Waals surface area contributed by atoms with E-state index in [2.05, 4.69) is 60.2 Å². The Balaban J connectivity index is 1.39. The zero-order chi connectivity index (χ0) is 19.5. The third kappa shape index (κ3) is 4.15. The fraction of sp³-hybridized carbons (Fsp3) is 0.304. The number of aromatic nitrogens is 2. The standard InChI is InChI=1S/C23H26N4O/c1-18-4-10-22(11-5-18)27-14-19(2)25(17-23(27)28)15-20-6-8-21(9-7-20)16-26-13-3-12-24-26/h3-13,19H,14-17H2,1-2H3. The summed E-state index contributed by atoms with van der Waals surface area (Å²) in [7, 11) is 0. The van der Waals surface area contributed by atoms with Crippen LogP contribution < -0.4 is 4.90 Å². The van der Waals surface area contributed by atoms with Gasteiger partial charge in [0.05, 0.1) is 13.1 Å². The smallest absolute Gasteiger partial charge is 0.241 e. The number of hydrogen-bond donors (Lipinski definition) is 0. The predicted octanol–water partition coefficient (Wildman–Crippen LogP) is 3.48. The second kappa shape index (κ2) is 7.98. The van der Waals surface area contributed by atoms with Crippen LogP contribution in [0.2, 0.25) is 0 Å². The van der Waals surface area contributed by atoms with Crippen LogP contribution in [0.4, 0.5) is 5.69 Å². The lowest BCUT2D eigenvalue weighted by Crippen LogP contribution is -2.54. The molecule has 1 unspecified atom stereocenters. The SMILES string of the molecule is Cc1ccc(N2CC(C)N(Cc3ccc(Cn4cccn4)cc3)CC2=O)cc1. The second-order valence-corrected chi connectivity index (χ2v) is 7.61. The molecular formula is C23H26N4O. The van der Waals surface area contributed by atoms with Crippen molar-refractivity contribution in [2.24, 2.45) is 0 Å². The lowest BCUT2D eigenvalue weighted by Gasteiger charge is -2.39. The van der Waals surface area contributed by atoms with Crippen molar-refractivity contribution < 1.29 is 4.79 Å². The Bertz CT molecular complexity index is 916. The molecule has 0 spiro atoms. The molecule has 0 N–H and O–H groups in total. The maximum atomic E-state index is 12.7. The lowest BCUT2D eigenvalue weighted by atomic mass is 10.1. The van der Waals surface area contributed by atoms with Crippen LogP contribution in [-0.2, 0) is 17.9 Å². The van der Waals surface area contributed by atoms with Gasteiger partial charge in [-0.05, 0) is 43.2 Å². The lowest BCUT2D eigenvalue weighted by molar-refractivity contribution is -0.122. The highest BCUT2D eigenvalue weighted by Gasteiger charge is 2.30. The van der Waals surface area contributed by atoms with Gasteiger partial charge in [-0.25, -0.2) is 0 Å². The molecule has 1 saturated heterocycles. The molecule has 1 atom stereocenters. The molecule has 2 aromatic carbocycles. The number of anilines is 1. The van der Waals surface area contributed by atoms with Crippen LogP contribution in [0.5, 0.6) is 0 Å². The monoisotopic (exact) mass is 374 g/mol. The zero-order valence-corrected chi connectivity index (χ0v) is 16.5. The zero-order valence-electron chi connectivity index (χ0n) is 16.5. The summed E-state index contributed by atoms with van der Waals surface area (Å²) in [5.74, 6) is 0.164. The molecule has 1 aliphatic heterocycles. The van der Waals surface area contributed by atoms with Crippen molar-refractivity contribution in [3.05, 3.63) is 83.7 Å². The van der Waals surface area contributed by atoms with E-state index in [1.807, 2.05) is 34.0 Å². The number of nitrogens with zero attached hydrogens (tertiary/aromatic N) is 4. The fourth-order valence-corrected chi connectivity index (χ4v) is 3.65. The molecule has 1 fully saturated rings. The van der Waals surface area contributed by atoms with Gasteiger partial charge in [0.25, 0.3) is 0 Å². The molecule has 0 saturated carbocycles. The van der Waals surface area contributed by atoms with Gasteiger partial charge in [0, 0.05) is 37.2 Å². The van der Waals surface area contributed by atoms with E-state index in [1.165, 1.54) is 16.7 Å². The molecule has 5 heteroatoms. The van der Waals surface area contributed by atoms with Crippen molar-refractivity contribution in [2.75, 3.05) is 18.0 Å². The fourth-order valence-electron chi connectivity index (χ4n) is 3.65. The van der Waals surface area contributed by atoms with Crippen molar-refractivity contribution in [3.8, 4) is 0 Å². The van der Waals surface area contributed by atoms with Gasteiger partial charge < -0.3 is 4.90 Å². The average Bonchev–Trinajstić information content (AvgIpc) is 3.20. The van der Waals surface area contributed by atoms with Crippen molar-refractivity contribution in [3.63, 3.8) is 0 Å². The van der Waals surface area contributed by atoms with Gasteiger partial charge in [-0.2, -0.15) is 5.10 Å². The summed E-state index contributed by atoms with van der Waals surface area (Å²) in [5.41, 5.74) is 4.65. The normalized spacial score (nSPS) is 17.9. The highest BCUT2D eigenvalue weighted by molar-refractivity contribution is 5.95. The molecule has 1 aromatic heterocycles. The van der Waals surface area contributed by atoms with Crippen molar-refractivity contribution >= 4 is 11.6 Å². The molecule has 5 nitrogen and oxygen atoms in total. The Morgan fingerprint density at radius 1 is 1.00 bits per heavy atom. The highest BCUT2D eigenvalue weighted by Crippen LogP contribution is 2.22. The Morgan fingerprint density at radius 3 is 2.32 bits per heavy atom. The van der Waals surface area contributed by atoms with E-state index in [1.54, 1.807) is 6.20 Å². The molecule has 0 bridgehead atoms. The molecule has 28 heavy (non-hydrogen) atoms. The van der Waals surface area contributed by atoms with Crippen LogP contribution in [0.15, 0.2) is 67.0 Å². The summed E-state index contributed by atoms with van der Waals surface area (Å²) in [6.45, 7) is 6.99. The summed E-state index contributed by atoms with van der Waals surface area (Å²) < 4.78 is 1.92. The van der Waals surface area contributed by atoms with Crippen molar-refractivity contribution in [1.82, 2.24) is 14.7 Å². The molecule has 3 aromatic rings. The summed E-state index contributed by atoms with van der Waals surface area (Å²) in [6, 6.07) is 19.0. The van der Waals surface area contributed by atoms with Gasteiger partial charge in [0.15, 0.2) is 0 Å². The van der Waals surface area contributed by atoms with Crippen LogP contribution >= 0.6 is 0 Å². The van der Waals surface area contributed by atoms with E-state index in [9.17, 15) is 4.79 Å². The highest BCUT2D eigenvalue weighted by atomic mass is 16.2. The number of amides is 1. The topological polar surface area (TPSA) is 41.4 Å². The van der Waals surface area contributed by atoms with Crippen molar-refractivity contribution in [2.45, 2.75) is 33.0 Å². The molecule has 1 amide bonds. The van der Waals surface area contributed by atoms with E-state index in [4.69, 9.17) is 0 Å². The van der Waals surface area contributed by atoms with Crippen molar-refractivity contribution in [1.29, 1.82) is 0 Å². The molecule has 0 radical (unpaired) electrons. The second-order valence-electron chi connectivity index (χ2n) is 7.61. The third-order valence-electron chi connectivity index (χ3n) is 5.37. The molecule has 0 aliphatic carbocycles. The first-order chi connectivity index (χ1) is 13.6. The van der Waals surface area contributed by atoms with Crippen LogP contribution in [0.1, 0.15) is 23.6 Å². The largest absolute Gasteiger partial charge is 0.310 e. The number of aryl methyl sites for hydroxylation is 1. The van der Waals surface area contributed by atoms with Gasteiger partial charge in [-0.15, -0.1) is 0 Å². The first kappa shape index (κ1) is 18.4. The average molecular weight is 374 g/mol. The summed E-state index contributed by atoms with van der Waals surface area (Å²) in [5, 5.41) is 4.25. The first-order valence-electron chi connectivity index (χ1n) is 9.75. The molecule has 2 heterocycles. The number of benzene rings is 2. The summed E-state index contributed by atoms with van der Waals surface area (Å²) in [6.07, 6.45) is 3.76. The first-order valence-corrected chi connectivity index (χ1v) is 9.75. The van der Waals surface area contributed by atoms with Gasteiger partial charge in [0.1, 0.15) is 0 Å². The Kier molecular flexibility index (Phi) is 5.26. The van der Waals surface area contributed by atoms with E-state index in [0.29, 0.717) is 12.6 Å². The van der Waals surface area contributed by atoms with Gasteiger partial charge in [0.2, 0.25) is 5.91 Å². The minimum absolute atomic E-state index is 0.164. The summed E-state index contributed by atoms with van der Waals surface area (Å²) >= 11 is 0. The van der Waals surface area contributed by atoms with Gasteiger partial charge >= 0.3 is 0 Å². The minimum atomic E-state index is 0.164. The summed E-state index contributed by atoms with van der Waals surface area (Å²) in [4.78, 5) is 16.9. The van der Waals surface area contributed by atoms with E-state index >= 15 is 0 Å². The number of carbonyl (C=O) groups excluding carboxylic acids is 1. The quantitative estimate of drug-likeness (QED) is 0.687. The van der Waals surface area contributed by atoms with E-state index in [-0.39, 0.29) is 5.91 Å². The van der Waals surface area contributed by atoms with Crippen LogP contribution in [-0.4, -0.2) is 39.7 Å².